The molecule has 24 heavy (non-hydrogen) atoms. The first-order valence-corrected chi connectivity index (χ1v) is 8.43. The highest BCUT2D eigenvalue weighted by Gasteiger charge is 2.50. The van der Waals surface area contributed by atoms with Crippen LogP contribution >= 0.6 is 0 Å². The van der Waals surface area contributed by atoms with Gasteiger partial charge < -0.3 is 19.7 Å². The maximum atomic E-state index is 10.5. The van der Waals surface area contributed by atoms with Crippen molar-refractivity contribution in [2.45, 2.75) is 50.0 Å². The third-order valence-corrected chi connectivity index (χ3v) is 5.34. The van der Waals surface area contributed by atoms with Gasteiger partial charge in [0.1, 0.15) is 5.75 Å². The number of rotatable bonds is 6. The van der Waals surface area contributed by atoms with Gasteiger partial charge in [-0.05, 0) is 43.4 Å². The van der Waals surface area contributed by atoms with Crippen LogP contribution in [0.5, 0.6) is 5.75 Å². The number of methoxy groups -OCH3 is 1. The van der Waals surface area contributed by atoms with Crippen molar-refractivity contribution in [2.75, 3.05) is 20.3 Å². The van der Waals surface area contributed by atoms with E-state index in [0.717, 1.165) is 44.3 Å². The number of hydrogen-bond donors (Lipinski definition) is 2. The van der Waals surface area contributed by atoms with Gasteiger partial charge >= 0.3 is 5.97 Å². The fourth-order valence-corrected chi connectivity index (χ4v) is 4.03. The molecule has 0 radical (unpaired) electrons. The van der Waals surface area contributed by atoms with E-state index in [1.54, 1.807) is 19.2 Å². The van der Waals surface area contributed by atoms with Gasteiger partial charge in [0.2, 0.25) is 0 Å². The zero-order valence-electron chi connectivity index (χ0n) is 14.0. The van der Waals surface area contributed by atoms with E-state index in [1.807, 2.05) is 12.1 Å². The third-order valence-electron chi connectivity index (χ3n) is 5.34. The topological polar surface area (TPSA) is 79.2 Å². The SMILES string of the molecule is CO[C@]12CC[C@H](O)C[C@H]1N(Cc1ccc(OCC(=O)O)cc1)CC2. The summed E-state index contributed by atoms with van der Waals surface area (Å²) in [6.07, 6.45) is 3.24. The maximum Gasteiger partial charge on any atom is 0.341 e. The molecule has 2 fully saturated rings. The van der Waals surface area contributed by atoms with Crippen molar-refractivity contribution in [3.8, 4) is 5.75 Å². The Hall–Kier alpha value is -1.63. The molecule has 2 N–H and O–H groups in total. The number of aliphatic hydroxyl groups excluding tert-OH is 1. The Bertz CT molecular complexity index is 575. The van der Waals surface area contributed by atoms with E-state index in [2.05, 4.69) is 4.90 Å². The lowest BCUT2D eigenvalue weighted by Crippen LogP contribution is -2.51. The molecule has 132 valence electrons. The van der Waals surface area contributed by atoms with E-state index in [4.69, 9.17) is 14.6 Å². The number of carboxylic acids is 1. The fraction of sp³-hybridized carbons (Fsp3) is 0.611. The first kappa shape index (κ1) is 17.2. The number of fused-ring (bicyclic) bond motifs is 1. The molecule has 1 aromatic carbocycles. The van der Waals surface area contributed by atoms with E-state index in [9.17, 15) is 9.90 Å². The predicted octanol–water partition coefficient (Wildman–Crippen LogP) is 1.65. The van der Waals surface area contributed by atoms with Crippen molar-refractivity contribution in [1.82, 2.24) is 4.90 Å². The van der Waals surface area contributed by atoms with Gasteiger partial charge in [-0.25, -0.2) is 4.79 Å². The molecule has 1 saturated heterocycles. The molecule has 1 saturated carbocycles. The molecule has 3 rings (SSSR count). The summed E-state index contributed by atoms with van der Waals surface area (Å²) in [5.74, 6) is -0.426. The second-order valence-corrected chi connectivity index (χ2v) is 6.76. The second kappa shape index (κ2) is 7.09. The van der Waals surface area contributed by atoms with Gasteiger partial charge in [-0.3, -0.25) is 4.90 Å². The minimum atomic E-state index is -0.983. The first-order chi connectivity index (χ1) is 11.5. The molecule has 0 unspecified atom stereocenters. The number of carboxylic acid groups (broad SMARTS) is 1. The summed E-state index contributed by atoms with van der Waals surface area (Å²) in [4.78, 5) is 12.9. The van der Waals surface area contributed by atoms with Gasteiger partial charge in [0.05, 0.1) is 11.7 Å². The van der Waals surface area contributed by atoms with Crippen molar-refractivity contribution in [3.63, 3.8) is 0 Å². The average Bonchev–Trinajstić information content (AvgIpc) is 2.93. The van der Waals surface area contributed by atoms with E-state index in [0.29, 0.717) is 5.75 Å². The summed E-state index contributed by atoms with van der Waals surface area (Å²) >= 11 is 0. The highest BCUT2D eigenvalue weighted by atomic mass is 16.5. The van der Waals surface area contributed by atoms with Crippen molar-refractivity contribution in [1.29, 1.82) is 0 Å². The smallest absolute Gasteiger partial charge is 0.341 e. The van der Waals surface area contributed by atoms with Crippen molar-refractivity contribution in [2.24, 2.45) is 0 Å². The van der Waals surface area contributed by atoms with Crippen molar-refractivity contribution in [3.05, 3.63) is 29.8 Å². The molecule has 6 heteroatoms. The lowest BCUT2D eigenvalue weighted by atomic mass is 9.79. The molecule has 1 aliphatic carbocycles. The van der Waals surface area contributed by atoms with Crippen LogP contribution in [0.1, 0.15) is 31.2 Å². The number of ether oxygens (including phenoxy) is 2. The fourth-order valence-electron chi connectivity index (χ4n) is 4.03. The Morgan fingerprint density at radius 3 is 2.75 bits per heavy atom. The van der Waals surface area contributed by atoms with Crippen LogP contribution in [0.3, 0.4) is 0 Å². The van der Waals surface area contributed by atoms with Crippen LogP contribution < -0.4 is 4.74 Å². The molecule has 0 amide bonds. The van der Waals surface area contributed by atoms with Crippen molar-refractivity contribution >= 4 is 5.97 Å². The Balaban J connectivity index is 1.64. The zero-order chi connectivity index (χ0) is 17.2. The summed E-state index contributed by atoms with van der Waals surface area (Å²) < 4.78 is 11.0. The average molecular weight is 335 g/mol. The number of benzene rings is 1. The van der Waals surface area contributed by atoms with Crippen LogP contribution in [-0.2, 0) is 16.1 Å². The monoisotopic (exact) mass is 335 g/mol. The summed E-state index contributed by atoms with van der Waals surface area (Å²) in [6, 6.07) is 7.77. The van der Waals surface area contributed by atoms with E-state index < -0.39 is 5.97 Å². The van der Waals surface area contributed by atoms with Crippen LogP contribution in [0.4, 0.5) is 0 Å². The first-order valence-electron chi connectivity index (χ1n) is 8.43. The molecular weight excluding hydrogens is 310 g/mol. The highest BCUT2D eigenvalue weighted by Crippen LogP contribution is 2.42. The number of likely N-dealkylation sites (tertiary alicyclic amines) is 1. The summed E-state index contributed by atoms with van der Waals surface area (Å²) in [5.41, 5.74) is 1.02. The standard InChI is InChI=1S/C18H25NO5/c1-23-18-7-6-14(20)10-16(18)19(9-8-18)11-13-2-4-15(5-3-13)24-12-17(21)22/h2-5,14,16,20H,6-12H2,1H3,(H,21,22)/t14-,16+,18-/m0/s1. The summed E-state index contributed by atoms with van der Waals surface area (Å²) in [5, 5.41) is 18.7. The van der Waals surface area contributed by atoms with Gasteiger partial charge in [-0.1, -0.05) is 12.1 Å². The van der Waals surface area contributed by atoms with Gasteiger partial charge in [0, 0.05) is 26.2 Å². The Morgan fingerprint density at radius 2 is 2.08 bits per heavy atom. The van der Waals surface area contributed by atoms with E-state index in [1.165, 1.54) is 0 Å². The van der Waals surface area contributed by atoms with Gasteiger partial charge in [0.25, 0.3) is 0 Å². The number of aliphatic hydroxyl groups is 1. The van der Waals surface area contributed by atoms with E-state index in [-0.39, 0.29) is 24.4 Å². The lowest BCUT2D eigenvalue weighted by molar-refractivity contribution is -0.139. The normalized spacial score (nSPS) is 30.1. The lowest BCUT2D eigenvalue weighted by Gasteiger charge is -2.42. The molecule has 0 bridgehead atoms. The van der Waals surface area contributed by atoms with Gasteiger partial charge in [-0.15, -0.1) is 0 Å². The van der Waals surface area contributed by atoms with Crippen LogP contribution in [0.25, 0.3) is 0 Å². The van der Waals surface area contributed by atoms with Crippen LogP contribution in [0.15, 0.2) is 24.3 Å². The molecule has 6 nitrogen and oxygen atoms in total. The quantitative estimate of drug-likeness (QED) is 0.823. The zero-order valence-corrected chi connectivity index (χ0v) is 14.0. The molecular formula is C18H25NO5. The minimum absolute atomic E-state index is 0.121. The maximum absolute atomic E-state index is 10.5. The Morgan fingerprint density at radius 1 is 1.33 bits per heavy atom. The Kier molecular flexibility index (Phi) is 5.08. The largest absolute Gasteiger partial charge is 0.482 e. The molecule has 1 aliphatic heterocycles. The number of carbonyl (C=O) groups is 1. The van der Waals surface area contributed by atoms with Crippen LogP contribution in [0, 0.1) is 0 Å². The third kappa shape index (κ3) is 3.55. The van der Waals surface area contributed by atoms with Crippen LogP contribution in [-0.4, -0.2) is 59.1 Å². The summed E-state index contributed by atoms with van der Waals surface area (Å²) in [6.45, 7) is 1.42. The Labute approximate surface area is 142 Å². The van der Waals surface area contributed by atoms with Crippen LogP contribution in [0.2, 0.25) is 0 Å². The second-order valence-electron chi connectivity index (χ2n) is 6.76. The molecule has 0 spiro atoms. The molecule has 1 heterocycles. The van der Waals surface area contributed by atoms with E-state index >= 15 is 0 Å². The number of hydrogen-bond acceptors (Lipinski definition) is 5. The number of nitrogens with zero attached hydrogens (tertiary/aromatic N) is 1. The van der Waals surface area contributed by atoms with Gasteiger partial charge in [0.15, 0.2) is 6.61 Å². The highest BCUT2D eigenvalue weighted by molar-refractivity contribution is 5.68. The summed E-state index contributed by atoms with van der Waals surface area (Å²) in [7, 11) is 1.78. The van der Waals surface area contributed by atoms with Gasteiger partial charge in [-0.2, -0.15) is 0 Å². The van der Waals surface area contributed by atoms with Crippen molar-refractivity contribution < 1.29 is 24.5 Å². The molecule has 1 aromatic rings. The number of aliphatic carboxylic acids is 1. The molecule has 3 atom stereocenters. The molecule has 2 aliphatic rings. The minimum Gasteiger partial charge on any atom is -0.482 e. The predicted molar refractivity (Wildman–Crippen MR) is 88.0 cm³/mol. The molecule has 0 aromatic heterocycles.